The summed E-state index contributed by atoms with van der Waals surface area (Å²) in [6, 6.07) is 0.417. The summed E-state index contributed by atoms with van der Waals surface area (Å²) in [5.41, 5.74) is -4.23. The van der Waals surface area contributed by atoms with Crippen molar-refractivity contribution in [3.05, 3.63) is 233 Å². The summed E-state index contributed by atoms with van der Waals surface area (Å²) in [6.45, 7) is 40.5. The van der Waals surface area contributed by atoms with Gasteiger partial charge in [0.15, 0.2) is 0 Å². The fraction of sp³-hybridized carbons (Fsp3) is 0.526. The van der Waals surface area contributed by atoms with Gasteiger partial charge < -0.3 is 148 Å². The number of halogens is 1. The Balaban J connectivity index is -0.000000135. The Morgan fingerprint density at radius 2 is 0.976 bits per heavy atom. The van der Waals surface area contributed by atoms with Crippen LogP contribution in [-0.2, 0) is 265 Å². The number of aromatic nitrogens is 12. The number of hydrogen-bond acceptors (Lipinski definition) is 31. The van der Waals surface area contributed by atoms with Crippen molar-refractivity contribution < 1.29 is 287 Å². The molecule has 0 spiro atoms. The molecule has 0 aromatic carbocycles. The molecule has 10 heterocycles. The number of ether oxygens (including phenoxy) is 8. The molecule has 4 unspecified atom stereocenters. The fourth-order valence-corrected chi connectivity index (χ4v) is 17.2. The van der Waals surface area contributed by atoms with Crippen LogP contribution in [0, 0.1) is 93.0 Å². The number of aryl methyl sites for hydroxylation is 1. The van der Waals surface area contributed by atoms with Gasteiger partial charge in [-0.05, 0) is 53.1 Å². The Bertz CT molecular complexity index is 4520. The summed E-state index contributed by atoms with van der Waals surface area (Å²) >= 11 is 7.69. The van der Waals surface area contributed by atoms with E-state index in [-0.39, 0.29) is 307 Å². The SMILES string of the molecule is COC[C@H]1O[C@H](C)CC1OC.Cc1cn([C@H]2CC(O)[C@@H](CO)O2)c(=O)[nH]c1=O.O=c1[nH]c(=O)n([C@H]2CC(O)[C@@H](CO)O2)c[c]1[Hg][Cl].O=c1[nH]cc(S)c(=O)[nH]1.[CH2-]CC.[CH2-]CSC[CH2-].[CH2-]CSc1c[nH]c(=O)[nH]c1=O.[CH2-]CSc1cn([C@H]2CC(OC)[C@@H](COC)O2)c(=O)n(C)c1=O.[CH2-]CSc1cnc(O[Si](C)(C)C)nc1O[Si](C)(C)C.[CH3-].[CH3-].[CH3-].[CH3-].[CH3-].[CH3-].[Y].[Y].[Y].[Y].[Y].[Y]. The number of aliphatic hydroxyl groups is 4. The Morgan fingerprint density at radius 3 is 1.38 bits per heavy atom. The first kappa shape index (κ1) is 151. The van der Waals surface area contributed by atoms with Crippen molar-refractivity contribution in [1.29, 1.82) is 0 Å². The molecular weight excluding hydrogens is 2450 g/mol. The van der Waals surface area contributed by atoms with Crippen LogP contribution in [0.4, 0.5) is 0 Å². The zero-order valence-electron chi connectivity index (χ0n) is 76.8. The summed E-state index contributed by atoms with van der Waals surface area (Å²) in [5, 5.41) is 37.1. The normalized spacial score (nSPS) is 19.1. The summed E-state index contributed by atoms with van der Waals surface area (Å²) in [4.78, 5) is 136. The van der Waals surface area contributed by atoms with Crippen LogP contribution in [0.1, 0.15) is 70.2 Å². The average Bonchev–Trinajstić information content (AvgIpc) is 1.76. The minimum Gasteiger partial charge on any atom is -0.531 e. The van der Waals surface area contributed by atoms with Crippen LogP contribution >= 0.6 is 67.9 Å². The van der Waals surface area contributed by atoms with Crippen molar-refractivity contribution in [1.82, 2.24) is 58.1 Å². The molecule has 0 amide bonds. The molecule has 4 aliphatic rings. The average molecular weight is 2580 g/mol. The van der Waals surface area contributed by atoms with Gasteiger partial charge in [0.1, 0.15) is 30.8 Å². The van der Waals surface area contributed by atoms with E-state index in [0.717, 1.165) is 39.6 Å². The number of thioether (sulfide) groups is 4. The van der Waals surface area contributed by atoms with E-state index in [0.29, 0.717) is 67.6 Å². The predicted molar refractivity (Wildman–Crippen MR) is 488 cm³/mol. The molecule has 4 saturated heterocycles. The van der Waals surface area contributed by atoms with Gasteiger partial charge in [-0.3, -0.25) is 47.8 Å². The molecule has 10 N–H and O–H groups in total. The van der Waals surface area contributed by atoms with Gasteiger partial charge >= 0.3 is 146 Å². The van der Waals surface area contributed by atoms with E-state index in [1.165, 1.54) is 69.1 Å². The van der Waals surface area contributed by atoms with Crippen LogP contribution in [0.3, 0.4) is 0 Å². The largest absolute Gasteiger partial charge is 0.531 e. The number of methoxy groups -OCH3 is 4. The first-order chi connectivity index (χ1) is 54.3. The van der Waals surface area contributed by atoms with Crippen molar-refractivity contribution in [2.24, 2.45) is 7.05 Å². The second kappa shape index (κ2) is 81.3. The van der Waals surface area contributed by atoms with Crippen LogP contribution in [0.2, 0.25) is 39.3 Å². The van der Waals surface area contributed by atoms with E-state index in [2.05, 4.69) is 135 Å². The summed E-state index contributed by atoms with van der Waals surface area (Å²) in [5.74, 6) is 4.32. The first-order valence-electron chi connectivity index (χ1n) is 35.8. The third kappa shape index (κ3) is 56.0. The molecule has 6 radical (unpaired) electrons. The Labute approximate surface area is 939 Å². The van der Waals surface area contributed by atoms with Crippen molar-refractivity contribution in [3.8, 4) is 11.9 Å². The molecule has 6 aromatic heterocycles. The quantitative estimate of drug-likeness (QED) is 0.0138. The monoisotopic (exact) mass is 2580 g/mol. The van der Waals surface area contributed by atoms with Crippen LogP contribution in [0.25, 0.3) is 0 Å². The van der Waals surface area contributed by atoms with Crippen LogP contribution in [0.5, 0.6) is 11.9 Å². The van der Waals surface area contributed by atoms with Gasteiger partial charge in [-0.15, -0.1) is 41.4 Å². The van der Waals surface area contributed by atoms with Gasteiger partial charge in [-0.2, -0.15) is 46.7 Å². The first-order valence-corrected chi connectivity index (χ1v) is 56.7. The topological polar surface area (TPSA) is 484 Å². The fourth-order valence-electron chi connectivity index (χ4n) is 10.1. The Morgan fingerprint density at radius 1 is 0.559 bits per heavy atom. The zero-order chi connectivity index (χ0) is 87.0. The number of nitrogens with zero attached hydrogens (tertiary/aromatic N) is 6. The van der Waals surface area contributed by atoms with Crippen LogP contribution in [-0.4, -0.2) is 234 Å². The maximum Gasteiger partial charge on any atom is 0.332 e. The van der Waals surface area contributed by atoms with Gasteiger partial charge in [0.05, 0.1) is 70.0 Å². The molecule has 51 heteroatoms. The van der Waals surface area contributed by atoms with Crippen molar-refractivity contribution in [2.75, 3.05) is 83.6 Å². The van der Waals surface area contributed by atoms with E-state index in [1.54, 1.807) is 71.3 Å². The molecule has 4 fully saturated rings. The smallest absolute Gasteiger partial charge is 0.332 e. The molecule has 10 rings (SSSR count). The molecule has 0 aliphatic carbocycles. The van der Waals surface area contributed by atoms with Gasteiger partial charge in [-0.25, -0.2) is 35.9 Å². The molecule has 714 valence electrons. The number of nitrogens with one attached hydrogen (secondary N) is 6. The number of thiol groups is 1. The molecule has 4 aliphatic heterocycles. The number of aromatic amines is 6. The van der Waals surface area contributed by atoms with Crippen molar-refractivity contribution in [3.63, 3.8) is 0 Å². The second-order valence-electron chi connectivity index (χ2n) is 26.6. The maximum absolute atomic E-state index is 12.3. The minimum atomic E-state index is -1.95. The minimum absolute atomic E-state index is 0. The summed E-state index contributed by atoms with van der Waals surface area (Å²) in [7, 11) is 10.4. The molecule has 12 atom stereocenters. The van der Waals surface area contributed by atoms with Gasteiger partial charge in [0.25, 0.3) is 22.2 Å². The molecular formula is C76H129ClHgN12O24S5Si2Y6-12. The number of H-pyrrole nitrogens is 6. The molecule has 6 aromatic rings. The Kier molecular flexibility index (Phi) is 97.0. The second-order valence-corrected chi connectivity index (χ2v) is 46.9. The number of hydrogen-bond donors (Lipinski definition) is 11. The van der Waals surface area contributed by atoms with Crippen LogP contribution in [0.15, 0.2) is 105 Å². The van der Waals surface area contributed by atoms with E-state index in [9.17, 15) is 58.2 Å². The molecule has 36 nitrogen and oxygen atoms in total. The predicted octanol–water partition coefficient (Wildman–Crippen LogP) is 6.25. The van der Waals surface area contributed by atoms with Crippen molar-refractivity contribution in [2.45, 2.75) is 185 Å². The molecule has 0 saturated carbocycles. The van der Waals surface area contributed by atoms with E-state index < -0.39 is 128 Å². The standard InChI is InChI=1S/C14H21N2O5S.C12H23N2O2SSi2.C10H14N2O5.C9H11N2O5.C8H16O3.C6H7N2O2S.C4H4N2O2S.C4H8S.C3H7.6CH3.ClH.Hg.6Y/c1-5-22-11-7-16(14(18)15(2)13(11)17)12-6-9(20-4)10(21-12)8-19-3;1-8-17-10-9-13-12(16-19(5,6)7)14-11(10)15-18(2,3)4;1-5-3-12(10(16)11-9(5)15)8-2-6(14)7(4-13)17-8;12-4-6-5(13)3-8(16-6)11-2-1-7(14)10-9(11)15;1-6-4-7(10-3)8(11-6)5-9-2;1-2-11-4-3-7-6(10)8-5(4)9;7-3-2(9)1-5-4(8)6-3;1-3-5-4-2;1-3-2;;;;;;;;;;;;;;/h7,9-10,12H,1,5-6,8H2,2-4H3;9H,1,8H2,2-7H3;3,6-8,13-14H,2,4H2,1H3,(H,11,15,16);2,5-6,8,12-13H,3-4H2,(H,10,14,15);6-8H,4-5H2,1-3H3;3H,1-2H2,(H2,7,8,9,10);1,9H,(H2,5,6,7,8);1-4H2;1,3H2,2H3;6*1H3;1H;;;;;;;/q2*-1;;;;-1;;-2;7*-1;;+1;;;;;;/p-1/t9?,10-,12-;;6?,7-,8-;5?,6-,8-;6-,7?,8-;;;;;;;;;;;;;;;;;;/m1.111................../s1. The van der Waals surface area contributed by atoms with Gasteiger partial charge in [0.2, 0.25) is 22.5 Å². The van der Waals surface area contributed by atoms with E-state index in [4.69, 9.17) is 65.2 Å². The zero-order valence-corrected chi connectivity index (χ0v) is 106. The number of rotatable bonds is 24. The number of aliphatic hydroxyl groups excluding tert-OH is 4. The third-order valence-corrected chi connectivity index (χ3v) is 25.8. The van der Waals surface area contributed by atoms with Crippen LogP contribution < -0.4 is 68.2 Å². The summed E-state index contributed by atoms with van der Waals surface area (Å²) in [6.07, 6.45) is 7.01. The molecule has 0 bridgehead atoms. The Hall–Kier alpha value is 1.63. The van der Waals surface area contributed by atoms with Crippen molar-refractivity contribution >= 4 is 87.6 Å². The third-order valence-electron chi connectivity index (χ3n) is 15.3. The van der Waals surface area contributed by atoms with Gasteiger partial charge in [0, 0.05) is 281 Å². The van der Waals surface area contributed by atoms with E-state index in [1.807, 2.05) is 11.9 Å². The molecule has 127 heavy (non-hydrogen) atoms. The maximum atomic E-state index is 12.3. The van der Waals surface area contributed by atoms with E-state index >= 15 is 0 Å². The van der Waals surface area contributed by atoms with Gasteiger partial charge in [-0.1, -0.05) is 6.92 Å². The summed E-state index contributed by atoms with van der Waals surface area (Å²) < 4.78 is 60.1.